The molecule has 0 aromatic rings. The molecule has 1 N–H and O–H groups in total. The van der Waals surface area contributed by atoms with Gasteiger partial charge in [-0.3, -0.25) is 14.7 Å². The Morgan fingerprint density at radius 1 is 1.13 bits per heavy atom. The lowest BCUT2D eigenvalue weighted by molar-refractivity contribution is -0.135. The van der Waals surface area contributed by atoms with Crippen LogP contribution in [0, 0.1) is 11.3 Å². The van der Waals surface area contributed by atoms with E-state index in [2.05, 4.69) is 42.8 Å². The molecule has 0 aromatic heterocycles. The third-order valence-electron chi connectivity index (χ3n) is 7.63. The van der Waals surface area contributed by atoms with Crippen molar-refractivity contribution in [3.8, 4) is 0 Å². The molecule has 1 aliphatic carbocycles. The number of rotatable bonds is 4. The molecule has 4 rings (SSSR count). The van der Waals surface area contributed by atoms with Crippen LogP contribution in [0.3, 0.4) is 0 Å². The van der Waals surface area contributed by atoms with Gasteiger partial charge in [0.25, 0.3) is 0 Å². The van der Waals surface area contributed by atoms with Crippen molar-refractivity contribution in [3.63, 3.8) is 0 Å². The summed E-state index contributed by atoms with van der Waals surface area (Å²) >= 11 is 0. The molecule has 3 aliphatic heterocycles. The maximum Gasteiger partial charge on any atom is 0.239 e. The number of guanidine groups is 1. The summed E-state index contributed by atoms with van der Waals surface area (Å²) in [5, 5.41) is 3.80. The fourth-order valence-electron chi connectivity index (χ4n) is 5.82. The summed E-state index contributed by atoms with van der Waals surface area (Å²) in [6, 6.07) is 0.408. The first-order valence-electron chi connectivity index (χ1n) is 11.6. The summed E-state index contributed by atoms with van der Waals surface area (Å²) in [7, 11) is 0. The van der Waals surface area contributed by atoms with Gasteiger partial charge in [-0.2, -0.15) is 0 Å². The Balaban J connectivity index is 0.00000256. The third-order valence-corrected chi connectivity index (χ3v) is 7.63. The molecule has 4 aliphatic rings. The molecular formula is C22H40IN5O2. The van der Waals surface area contributed by atoms with Crippen molar-refractivity contribution in [2.45, 2.75) is 65.1 Å². The van der Waals surface area contributed by atoms with E-state index in [0.717, 1.165) is 77.6 Å². The highest BCUT2D eigenvalue weighted by molar-refractivity contribution is 14.0. The number of fused-ring (bicyclic) bond motifs is 1. The van der Waals surface area contributed by atoms with Crippen LogP contribution in [0.4, 0.5) is 0 Å². The fourth-order valence-corrected chi connectivity index (χ4v) is 5.82. The first-order valence-corrected chi connectivity index (χ1v) is 11.6. The van der Waals surface area contributed by atoms with Crippen molar-refractivity contribution in [2.24, 2.45) is 16.3 Å². The maximum atomic E-state index is 12.8. The van der Waals surface area contributed by atoms with Gasteiger partial charge in [0.15, 0.2) is 5.96 Å². The summed E-state index contributed by atoms with van der Waals surface area (Å²) in [4.78, 5) is 24.3. The Hall–Kier alpha value is -0.610. The van der Waals surface area contributed by atoms with E-state index in [0.29, 0.717) is 24.0 Å². The molecule has 0 radical (unpaired) electrons. The molecule has 1 amide bonds. The quantitative estimate of drug-likeness (QED) is 0.341. The number of hydrogen-bond donors (Lipinski definition) is 1. The molecule has 3 heterocycles. The number of amides is 1. The minimum absolute atomic E-state index is 0. The van der Waals surface area contributed by atoms with Gasteiger partial charge in [-0.15, -0.1) is 24.0 Å². The number of carbonyl (C=O) groups excluding carboxylic acids is 1. The largest absolute Gasteiger partial charge is 0.377 e. The van der Waals surface area contributed by atoms with Crippen molar-refractivity contribution in [1.29, 1.82) is 0 Å². The van der Waals surface area contributed by atoms with Crippen LogP contribution < -0.4 is 5.32 Å². The Bertz CT molecular complexity index is 629. The Morgan fingerprint density at radius 3 is 2.43 bits per heavy atom. The number of piperazine rings is 1. The van der Waals surface area contributed by atoms with Crippen molar-refractivity contribution in [1.82, 2.24) is 20.0 Å². The summed E-state index contributed by atoms with van der Waals surface area (Å²) in [5.41, 5.74) is 0.147. The Morgan fingerprint density at radius 2 is 1.80 bits per heavy atom. The smallest absolute Gasteiger partial charge is 0.239 e. The lowest BCUT2D eigenvalue weighted by Crippen LogP contribution is -2.69. The second-order valence-electron chi connectivity index (χ2n) is 9.72. The van der Waals surface area contributed by atoms with Crippen molar-refractivity contribution < 1.29 is 9.53 Å². The molecule has 0 aromatic carbocycles. The van der Waals surface area contributed by atoms with Crippen LogP contribution in [-0.2, 0) is 9.53 Å². The Labute approximate surface area is 199 Å². The number of ether oxygens (including phenoxy) is 1. The van der Waals surface area contributed by atoms with Crippen LogP contribution in [0.2, 0.25) is 0 Å². The molecule has 1 saturated carbocycles. The average molecular weight is 533 g/mol. The number of likely N-dealkylation sites (tertiary alicyclic amines) is 1. The van der Waals surface area contributed by atoms with Crippen LogP contribution in [-0.4, -0.2) is 97.2 Å². The molecule has 172 valence electrons. The van der Waals surface area contributed by atoms with Gasteiger partial charge in [0.1, 0.15) is 0 Å². The molecule has 4 atom stereocenters. The second kappa shape index (κ2) is 9.90. The normalized spacial score (nSPS) is 32.3. The van der Waals surface area contributed by atoms with Gasteiger partial charge in [0.2, 0.25) is 5.91 Å². The molecule has 0 bridgehead atoms. The van der Waals surface area contributed by atoms with Gasteiger partial charge in [-0.1, -0.05) is 13.8 Å². The predicted molar refractivity (Wildman–Crippen MR) is 130 cm³/mol. The van der Waals surface area contributed by atoms with E-state index in [1.54, 1.807) is 0 Å². The van der Waals surface area contributed by atoms with Gasteiger partial charge in [0, 0.05) is 69.8 Å². The van der Waals surface area contributed by atoms with Crippen LogP contribution in [0.15, 0.2) is 4.99 Å². The molecular weight excluding hydrogens is 493 g/mol. The summed E-state index contributed by atoms with van der Waals surface area (Å²) in [6.45, 7) is 16.0. The van der Waals surface area contributed by atoms with Gasteiger partial charge in [-0.05, 0) is 33.1 Å². The van der Waals surface area contributed by atoms with E-state index >= 15 is 0 Å². The molecule has 4 unspecified atom stereocenters. The first kappa shape index (κ1) is 24.0. The van der Waals surface area contributed by atoms with Crippen LogP contribution in [0.25, 0.3) is 0 Å². The van der Waals surface area contributed by atoms with Crippen molar-refractivity contribution in [3.05, 3.63) is 0 Å². The first-order chi connectivity index (χ1) is 13.9. The molecule has 0 spiro atoms. The number of nitrogens with zero attached hydrogens (tertiary/aromatic N) is 4. The maximum absolute atomic E-state index is 12.8. The highest BCUT2D eigenvalue weighted by Crippen LogP contribution is 2.52. The molecule has 4 fully saturated rings. The van der Waals surface area contributed by atoms with E-state index < -0.39 is 0 Å². The van der Waals surface area contributed by atoms with E-state index in [1.807, 2.05) is 4.90 Å². The third kappa shape index (κ3) is 4.46. The second-order valence-corrected chi connectivity index (χ2v) is 9.72. The van der Waals surface area contributed by atoms with E-state index in [9.17, 15) is 4.79 Å². The van der Waals surface area contributed by atoms with Gasteiger partial charge < -0.3 is 19.9 Å². The summed E-state index contributed by atoms with van der Waals surface area (Å²) in [5.74, 6) is 1.94. The number of aliphatic imine (C=N–C) groups is 1. The predicted octanol–water partition coefficient (Wildman–Crippen LogP) is 2.01. The summed E-state index contributed by atoms with van der Waals surface area (Å²) in [6.07, 6.45) is 3.84. The number of nitrogens with one attached hydrogen (secondary N) is 1. The molecule has 3 saturated heterocycles. The summed E-state index contributed by atoms with van der Waals surface area (Å²) < 4.78 is 5.95. The fraction of sp³-hybridized carbons (Fsp3) is 0.909. The van der Waals surface area contributed by atoms with Crippen molar-refractivity contribution >= 4 is 35.8 Å². The zero-order valence-corrected chi connectivity index (χ0v) is 21.4. The van der Waals surface area contributed by atoms with Crippen molar-refractivity contribution in [2.75, 3.05) is 52.4 Å². The van der Waals surface area contributed by atoms with Crippen LogP contribution in [0.1, 0.15) is 47.0 Å². The molecule has 8 heteroatoms. The zero-order valence-electron chi connectivity index (χ0n) is 19.1. The highest BCUT2D eigenvalue weighted by atomic mass is 127. The minimum Gasteiger partial charge on any atom is -0.377 e. The zero-order chi connectivity index (χ0) is 20.6. The van der Waals surface area contributed by atoms with E-state index in [4.69, 9.17) is 9.73 Å². The van der Waals surface area contributed by atoms with Crippen LogP contribution >= 0.6 is 24.0 Å². The van der Waals surface area contributed by atoms with Gasteiger partial charge in [-0.25, -0.2) is 0 Å². The number of hydrogen-bond acceptors (Lipinski definition) is 4. The SMILES string of the molecule is CCN=C(NC1C2CCOC2C1(C)C)N1CCN(C(C)C(=O)N2CCCC2)CC1.I. The monoisotopic (exact) mass is 533 g/mol. The van der Waals surface area contributed by atoms with Gasteiger partial charge in [0.05, 0.1) is 12.1 Å². The molecule has 30 heavy (non-hydrogen) atoms. The topological polar surface area (TPSA) is 60.4 Å². The minimum atomic E-state index is -0.0169. The van der Waals surface area contributed by atoms with Crippen LogP contribution in [0.5, 0.6) is 0 Å². The average Bonchev–Trinajstić information content (AvgIpc) is 3.41. The lowest BCUT2D eigenvalue weighted by Gasteiger charge is -2.55. The van der Waals surface area contributed by atoms with E-state index in [1.165, 1.54) is 0 Å². The number of carbonyl (C=O) groups is 1. The standard InChI is InChI=1S/C22H39N5O2.HI/c1-5-23-21(24-18-17-8-15-29-19(17)22(18,3)4)27-13-11-25(12-14-27)16(2)20(28)26-9-6-7-10-26;/h16-19H,5-15H2,1-4H3,(H,23,24);1H. The Kier molecular flexibility index (Phi) is 7.93. The number of halogens is 1. The lowest BCUT2D eigenvalue weighted by atomic mass is 9.57. The highest BCUT2D eigenvalue weighted by Gasteiger charge is 2.59. The van der Waals surface area contributed by atoms with E-state index in [-0.39, 0.29) is 35.4 Å². The van der Waals surface area contributed by atoms with Gasteiger partial charge >= 0.3 is 0 Å². The molecule has 7 nitrogen and oxygen atoms in total.